The van der Waals surface area contributed by atoms with E-state index in [1.54, 1.807) is 36.4 Å². The molecule has 0 spiro atoms. The van der Waals surface area contributed by atoms with Crippen molar-refractivity contribution >= 4 is 32.4 Å². The first-order chi connectivity index (χ1) is 17.6. The number of amides is 1. The average molecular weight is 515 g/mol. The fourth-order valence-corrected chi connectivity index (χ4v) is 6.04. The van der Waals surface area contributed by atoms with Crippen LogP contribution in [0, 0.1) is 26.7 Å². The van der Waals surface area contributed by atoms with Gasteiger partial charge in [0.15, 0.2) is 0 Å². The molecule has 0 fully saturated rings. The number of carbonyl (C=O) groups is 1. The molecular weight excluding hydrogens is 480 g/mol. The number of aryl methyl sites for hydroxylation is 3. The minimum Gasteiger partial charge on any atom is -0.354 e. The van der Waals surface area contributed by atoms with Gasteiger partial charge in [0.05, 0.1) is 10.6 Å². The van der Waals surface area contributed by atoms with E-state index in [1.165, 1.54) is 20.6 Å². The molecule has 0 heterocycles. The zero-order chi connectivity index (χ0) is 26.6. The fraction of sp³-hybridized carbons (Fsp3) is 0.258. The maximum absolute atomic E-state index is 13.7. The van der Waals surface area contributed by atoms with Crippen molar-refractivity contribution in [1.29, 1.82) is 0 Å². The van der Waals surface area contributed by atoms with E-state index in [0.29, 0.717) is 12.2 Å². The van der Waals surface area contributed by atoms with Crippen LogP contribution >= 0.6 is 0 Å². The number of sulfonamides is 1. The minimum atomic E-state index is -3.94. The van der Waals surface area contributed by atoms with Gasteiger partial charge in [-0.1, -0.05) is 73.2 Å². The summed E-state index contributed by atoms with van der Waals surface area (Å²) in [5, 5.41) is 5.38. The molecule has 1 atom stereocenters. The summed E-state index contributed by atoms with van der Waals surface area (Å²) in [6, 6.07) is 26.8. The second kappa shape index (κ2) is 11.2. The SMILES string of the molecule is Cc1ccc(S(=O)(=O)N(CC(=O)NCC(C)Cc2cccc3ccccc23)c2cc(C)cc(C)c2)cc1. The smallest absolute Gasteiger partial charge is 0.264 e. The molecule has 4 aromatic carbocycles. The number of rotatable bonds is 9. The Bertz CT molecular complexity index is 1490. The first-order valence-electron chi connectivity index (χ1n) is 12.5. The largest absolute Gasteiger partial charge is 0.354 e. The number of nitrogens with zero attached hydrogens (tertiary/aromatic N) is 1. The van der Waals surface area contributed by atoms with Gasteiger partial charge in [-0.3, -0.25) is 9.10 Å². The molecule has 0 saturated carbocycles. The van der Waals surface area contributed by atoms with Crippen molar-refractivity contribution in [2.45, 2.75) is 39.0 Å². The monoisotopic (exact) mass is 514 g/mol. The van der Waals surface area contributed by atoms with Crippen molar-refractivity contribution in [3.8, 4) is 0 Å². The summed E-state index contributed by atoms with van der Waals surface area (Å²) < 4.78 is 28.5. The van der Waals surface area contributed by atoms with Crippen molar-refractivity contribution < 1.29 is 13.2 Å². The summed E-state index contributed by atoms with van der Waals surface area (Å²) in [6.07, 6.45) is 0.810. The van der Waals surface area contributed by atoms with Gasteiger partial charge in [-0.15, -0.1) is 0 Å². The predicted octanol–water partition coefficient (Wildman–Crippen LogP) is 5.96. The molecule has 5 nitrogen and oxygen atoms in total. The molecule has 1 amide bonds. The quantitative estimate of drug-likeness (QED) is 0.300. The van der Waals surface area contributed by atoms with Crippen LogP contribution < -0.4 is 9.62 Å². The Morgan fingerprint density at radius 3 is 2.19 bits per heavy atom. The Morgan fingerprint density at radius 1 is 0.838 bits per heavy atom. The van der Waals surface area contributed by atoms with Gasteiger partial charge < -0.3 is 5.32 Å². The highest BCUT2D eigenvalue weighted by Crippen LogP contribution is 2.26. The van der Waals surface area contributed by atoms with Crippen LogP contribution in [0.25, 0.3) is 10.8 Å². The summed E-state index contributed by atoms with van der Waals surface area (Å²) in [4.78, 5) is 13.2. The Morgan fingerprint density at radius 2 is 1.49 bits per heavy atom. The van der Waals surface area contributed by atoms with Crippen molar-refractivity contribution in [1.82, 2.24) is 5.32 Å². The number of hydrogen-bond acceptors (Lipinski definition) is 3. The molecule has 0 saturated heterocycles. The Balaban J connectivity index is 1.51. The van der Waals surface area contributed by atoms with Gasteiger partial charge >= 0.3 is 0 Å². The number of benzene rings is 4. The van der Waals surface area contributed by atoms with Crippen LogP contribution in [0.2, 0.25) is 0 Å². The van der Waals surface area contributed by atoms with Crippen molar-refractivity contribution in [2.24, 2.45) is 5.92 Å². The lowest BCUT2D eigenvalue weighted by atomic mass is 9.96. The normalized spacial score (nSPS) is 12.3. The third-order valence-corrected chi connectivity index (χ3v) is 8.27. The van der Waals surface area contributed by atoms with E-state index in [1.807, 2.05) is 39.0 Å². The molecule has 0 aliphatic carbocycles. The molecule has 0 aliphatic rings. The molecule has 1 N–H and O–H groups in total. The van der Waals surface area contributed by atoms with E-state index >= 15 is 0 Å². The highest BCUT2D eigenvalue weighted by molar-refractivity contribution is 7.92. The number of nitrogens with one attached hydrogen (secondary N) is 1. The Hall–Kier alpha value is -3.64. The van der Waals surface area contributed by atoms with E-state index in [2.05, 4.69) is 42.6 Å². The number of anilines is 1. The first kappa shape index (κ1) is 26.4. The van der Waals surface area contributed by atoms with Gasteiger partial charge in [-0.2, -0.15) is 0 Å². The number of hydrogen-bond donors (Lipinski definition) is 1. The lowest BCUT2D eigenvalue weighted by molar-refractivity contribution is -0.119. The zero-order valence-electron chi connectivity index (χ0n) is 21.9. The molecule has 0 bridgehead atoms. The molecule has 4 aromatic rings. The molecule has 0 aliphatic heterocycles. The molecule has 192 valence electrons. The van der Waals surface area contributed by atoms with Crippen LogP contribution in [0.1, 0.15) is 29.2 Å². The maximum atomic E-state index is 13.7. The van der Waals surface area contributed by atoms with Gasteiger partial charge in [0.25, 0.3) is 10.0 Å². The third-order valence-electron chi connectivity index (χ3n) is 6.49. The molecule has 1 unspecified atom stereocenters. The Labute approximate surface area is 220 Å². The minimum absolute atomic E-state index is 0.161. The average Bonchev–Trinajstić information content (AvgIpc) is 2.86. The van der Waals surface area contributed by atoms with Gasteiger partial charge in [-0.25, -0.2) is 8.42 Å². The van der Waals surface area contributed by atoms with Crippen molar-refractivity contribution in [2.75, 3.05) is 17.4 Å². The molecular formula is C31H34N2O3S. The van der Waals surface area contributed by atoms with Gasteiger partial charge in [0, 0.05) is 6.54 Å². The van der Waals surface area contributed by atoms with Crippen molar-refractivity contribution in [3.05, 3.63) is 107 Å². The van der Waals surface area contributed by atoms with E-state index in [-0.39, 0.29) is 23.3 Å². The number of fused-ring (bicyclic) bond motifs is 1. The first-order valence-corrected chi connectivity index (χ1v) is 14.0. The van der Waals surface area contributed by atoms with Crippen LogP contribution in [0.4, 0.5) is 5.69 Å². The summed E-state index contributed by atoms with van der Waals surface area (Å²) in [7, 11) is -3.94. The van der Waals surface area contributed by atoms with E-state index in [9.17, 15) is 13.2 Å². The van der Waals surface area contributed by atoms with Crippen LogP contribution in [0.5, 0.6) is 0 Å². The summed E-state index contributed by atoms with van der Waals surface area (Å²) in [5.41, 5.74) is 4.55. The standard InChI is InChI=1S/C31H34N2O3S/c1-22-12-14-29(15-13-22)37(35,36)33(28-18-23(2)16-24(3)19-28)21-31(34)32-20-25(4)17-27-10-7-9-26-8-5-6-11-30(26)27/h5-16,18-19,25H,17,20-21H2,1-4H3,(H,32,34). The summed E-state index contributed by atoms with van der Waals surface area (Å²) in [5.74, 6) is -0.155. The van der Waals surface area contributed by atoms with Gasteiger partial charge in [-0.05, 0) is 84.8 Å². The van der Waals surface area contributed by atoms with E-state index in [0.717, 1.165) is 23.1 Å². The summed E-state index contributed by atoms with van der Waals surface area (Å²) in [6.45, 7) is 8.00. The molecule has 4 rings (SSSR count). The fourth-order valence-electron chi connectivity index (χ4n) is 4.64. The van der Waals surface area contributed by atoms with Crippen LogP contribution in [0.3, 0.4) is 0 Å². The lowest BCUT2D eigenvalue weighted by Crippen LogP contribution is -2.42. The topological polar surface area (TPSA) is 66.5 Å². The lowest BCUT2D eigenvalue weighted by Gasteiger charge is -2.25. The third kappa shape index (κ3) is 6.38. The van der Waals surface area contributed by atoms with Crippen molar-refractivity contribution in [3.63, 3.8) is 0 Å². The second-order valence-electron chi connectivity index (χ2n) is 9.92. The van der Waals surface area contributed by atoms with Gasteiger partial charge in [0.1, 0.15) is 6.54 Å². The predicted molar refractivity (Wildman–Crippen MR) is 151 cm³/mol. The highest BCUT2D eigenvalue weighted by Gasteiger charge is 2.27. The molecule has 6 heteroatoms. The van der Waals surface area contributed by atoms with E-state index < -0.39 is 10.0 Å². The van der Waals surface area contributed by atoms with E-state index in [4.69, 9.17) is 0 Å². The van der Waals surface area contributed by atoms with Crippen LogP contribution in [0.15, 0.2) is 89.8 Å². The molecule has 37 heavy (non-hydrogen) atoms. The highest BCUT2D eigenvalue weighted by atomic mass is 32.2. The Kier molecular flexibility index (Phi) is 7.98. The van der Waals surface area contributed by atoms with Crippen LogP contribution in [-0.2, 0) is 21.2 Å². The maximum Gasteiger partial charge on any atom is 0.264 e. The van der Waals surface area contributed by atoms with Gasteiger partial charge in [0.2, 0.25) is 5.91 Å². The van der Waals surface area contributed by atoms with Crippen LogP contribution in [-0.4, -0.2) is 27.4 Å². The molecule has 0 aromatic heterocycles. The second-order valence-corrected chi connectivity index (χ2v) is 11.8. The number of carbonyl (C=O) groups excluding carboxylic acids is 1. The molecule has 0 radical (unpaired) electrons. The zero-order valence-corrected chi connectivity index (χ0v) is 22.7. The summed E-state index contributed by atoms with van der Waals surface area (Å²) >= 11 is 0.